The standard InChI is InChI=1S/C8H9ClN2O3/c1-10-4-5-2-6(9)3-7(8(5)12)11(13)14/h2-3,10,12H,4H2,1H3. The van der Waals surface area contributed by atoms with Crippen LogP contribution in [0.2, 0.25) is 5.02 Å². The molecule has 6 heteroatoms. The molecule has 0 aliphatic carbocycles. The van der Waals surface area contributed by atoms with Crippen LogP contribution < -0.4 is 5.32 Å². The van der Waals surface area contributed by atoms with E-state index in [4.69, 9.17) is 11.6 Å². The van der Waals surface area contributed by atoms with Crippen LogP contribution in [0.25, 0.3) is 0 Å². The molecule has 2 N–H and O–H groups in total. The summed E-state index contributed by atoms with van der Waals surface area (Å²) in [6.45, 7) is 0.327. The van der Waals surface area contributed by atoms with Crippen molar-refractivity contribution in [3.05, 3.63) is 32.8 Å². The van der Waals surface area contributed by atoms with Gasteiger partial charge >= 0.3 is 5.69 Å². The van der Waals surface area contributed by atoms with E-state index in [1.807, 2.05) is 0 Å². The van der Waals surface area contributed by atoms with E-state index in [9.17, 15) is 15.2 Å². The molecule has 1 aromatic rings. The van der Waals surface area contributed by atoms with Gasteiger partial charge in [0.15, 0.2) is 5.75 Å². The number of aromatic hydroxyl groups is 1. The zero-order valence-corrected chi connectivity index (χ0v) is 8.21. The second-order valence-electron chi connectivity index (χ2n) is 2.72. The Balaban J connectivity index is 3.24. The molecule has 0 saturated heterocycles. The van der Waals surface area contributed by atoms with Crippen molar-refractivity contribution >= 4 is 17.3 Å². The molecule has 0 aliphatic heterocycles. The Morgan fingerprint density at radius 3 is 2.79 bits per heavy atom. The summed E-state index contributed by atoms with van der Waals surface area (Å²) in [6.07, 6.45) is 0. The molecule has 0 unspecified atom stereocenters. The number of hydrogen-bond acceptors (Lipinski definition) is 4. The SMILES string of the molecule is CNCc1cc(Cl)cc([N+](=O)[O-])c1O. The Bertz CT molecular complexity index is 368. The number of rotatable bonds is 3. The van der Waals surface area contributed by atoms with E-state index in [2.05, 4.69) is 5.32 Å². The molecule has 14 heavy (non-hydrogen) atoms. The Kier molecular flexibility index (Phi) is 3.27. The van der Waals surface area contributed by atoms with Gasteiger partial charge in [-0.25, -0.2) is 0 Å². The van der Waals surface area contributed by atoms with E-state index in [1.54, 1.807) is 7.05 Å². The first-order valence-corrected chi connectivity index (χ1v) is 4.24. The lowest BCUT2D eigenvalue weighted by Crippen LogP contribution is -2.06. The van der Waals surface area contributed by atoms with Gasteiger partial charge in [-0.2, -0.15) is 0 Å². The largest absolute Gasteiger partial charge is 0.502 e. The normalized spacial score (nSPS) is 10.1. The van der Waals surface area contributed by atoms with Crippen LogP contribution in [0.1, 0.15) is 5.56 Å². The molecule has 0 aliphatic rings. The number of nitrogens with one attached hydrogen (secondary N) is 1. The molecule has 0 radical (unpaired) electrons. The van der Waals surface area contributed by atoms with E-state index >= 15 is 0 Å². The molecule has 5 nitrogen and oxygen atoms in total. The number of phenolic OH excluding ortho intramolecular Hbond substituents is 1. The molecule has 0 atom stereocenters. The van der Waals surface area contributed by atoms with Crippen molar-refractivity contribution in [2.45, 2.75) is 6.54 Å². The molecular weight excluding hydrogens is 208 g/mol. The van der Waals surface area contributed by atoms with Crippen LogP contribution in [-0.2, 0) is 6.54 Å². The van der Waals surface area contributed by atoms with Gasteiger partial charge in [-0.05, 0) is 13.1 Å². The summed E-state index contributed by atoms with van der Waals surface area (Å²) in [6, 6.07) is 2.61. The van der Waals surface area contributed by atoms with Gasteiger partial charge in [0.05, 0.1) is 4.92 Å². The Morgan fingerprint density at radius 2 is 2.29 bits per heavy atom. The van der Waals surface area contributed by atoms with E-state index in [1.165, 1.54) is 6.07 Å². The van der Waals surface area contributed by atoms with Gasteiger partial charge < -0.3 is 10.4 Å². The lowest BCUT2D eigenvalue weighted by molar-refractivity contribution is -0.385. The number of phenols is 1. The summed E-state index contributed by atoms with van der Waals surface area (Å²) in [5, 5.41) is 23.0. The van der Waals surface area contributed by atoms with Crippen LogP contribution in [0.15, 0.2) is 12.1 Å². The minimum absolute atomic E-state index is 0.236. The third kappa shape index (κ3) is 2.12. The molecule has 0 amide bonds. The topological polar surface area (TPSA) is 75.4 Å². The summed E-state index contributed by atoms with van der Waals surface area (Å²) in [7, 11) is 1.67. The number of halogens is 1. The fraction of sp³-hybridized carbons (Fsp3) is 0.250. The molecule has 0 heterocycles. The Hall–Kier alpha value is -1.33. The van der Waals surface area contributed by atoms with Crippen molar-refractivity contribution in [1.29, 1.82) is 0 Å². The van der Waals surface area contributed by atoms with Crippen molar-refractivity contribution < 1.29 is 10.0 Å². The molecule has 0 spiro atoms. The first-order valence-electron chi connectivity index (χ1n) is 3.86. The maximum Gasteiger partial charge on any atom is 0.312 e. The van der Waals surface area contributed by atoms with E-state index in [-0.39, 0.29) is 16.5 Å². The lowest BCUT2D eigenvalue weighted by atomic mass is 10.1. The minimum atomic E-state index is -0.666. The number of nitrogens with zero attached hydrogens (tertiary/aromatic N) is 1. The molecule has 0 saturated carbocycles. The van der Waals surface area contributed by atoms with Crippen molar-refractivity contribution in [3.8, 4) is 5.75 Å². The van der Waals surface area contributed by atoms with Gasteiger partial charge in [0.25, 0.3) is 0 Å². The molecule has 0 bridgehead atoms. The molecule has 76 valence electrons. The third-order valence-corrected chi connectivity index (χ3v) is 1.92. The van der Waals surface area contributed by atoms with Gasteiger partial charge in [-0.15, -0.1) is 0 Å². The van der Waals surface area contributed by atoms with Crippen molar-refractivity contribution in [2.75, 3.05) is 7.05 Å². The summed E-state index contributed by atoms with van der Waals surface area (Å²) >= 11 is 5.66. The highest BCUT2D eigenvalue weighted by atomic mass is 35.5. The second kappa shape index (κ2) is 4.26. The van der Waals surface area contributed by atoms with Crippen LogP contribution in [0.4, 0.5) is 5.69 Å². The number of benzene rings is 1. The summed E-state index contributed by atoms with van der Waals surface area (Å²) < 4.78 is 0. The number of nitro groups is 1. The van der Waals surface area contributed by atoms with E-state index in [0.29, 0.717) is 12.1 Å². The smallest absolute Gasteiger partial charge is 0.312 e. The Morgan fingerprint density at radius 1 is 1.64 bits per heavy atom. The first-order chi connectivity index (χ1) is 6.56. The van der Waals surface area contributed by atoms with Crippen molar-refractivity contribution in [1.82, 2.24) is 5.32 Å². The fourth-order valence-corrected chi connectivity index (χ4v) is 1.34. The van der Waals surface area contributed by atoms with E-state index < -0.39 is 4.92 Å². The zero-order valence-electron chi connectivity index (χ0n) is 7.45. The number of nitro benzene ring substituents is 1. The molecule has 1 rings (SSSR count). The van der Waals surface area contributed by atoms with Gasteiger partial charge in [-0.3, -0.25) is 10.1 Å². The van der Waals surface area contributed by atoms with Gasteiger partial charge in [0.2, 0.25) is 0 Å². The monoisotopic (exact) mass is 216 g/mol. The highest BCUT2D eigenvalue weighted by Crippen LogP contribution is 2.32. The van der Waals surface area contributed by atoms with Crippen molar-refractivity contribution in [3.63, 3.8) is 0 Å². The molecule has 0 fully saturated rings. The minimum Gasteiger partial charge on any atom is -0.502 e. The number of hydrogen-bond donors (Lipinski definition) is 2. The van der Waals surface area contributed by atoms with Gasteiger partial charge in [-0.1, -0.05) is 11.6 Å². The second-order valence-corrected chi connectivity index (χ2v) is 3.16. The van der Waals surface area contributed by atoms with Crippen molar-refractivity contribution in [2.24, 2.45) is 0 Å². The predicted molar refractivity (Wildman–Crippen MR) is 52.5 cm³/mol. The summed E-state index contributed by atoms with van der Waals surface area (Å²) in [4.78, 5) is 9.83. The predicted octanol–water partition coefficient (Wildman–Crippen LogP) is 1.67. The zero-order chi connectivity index (χ0) is 10.7. The van der Waals surface area contributed by atoms with Crippen LogP contribution in [-0.4, -0.2) is 17.1 Å². The Labute approximate surface area is 85.5 Å². The van der Waals surface area contributed by atoms with Gasteiger partial charge in [0.1, 0.15) is 0 Å². The quantitative estimate of drug-likeness (QED) is 0.595. The molecular formula is C8H9ClN2O3. The van der Waals surface area contributed by atoms with Crippen LogP contribution in [0.3, 0.4) is 0 Å². The molecule has 1 aromatic carbocycles. The fourth-order valence-electron chi connectivity index (χ4n) is 1.10. The van der Waals surface area contributed by atoms with Crippen LogP contribution in [0.5, 0.6) is 5.75 Å². The lowest BCUT2D eigenvalue weighted by Gasteiger charge is -2.04. The van der Waals surface area contributed by atoms with Gasteiger partial charge in [0, 0.05) is 23.2 Å². The van der Waals surface area contributed by atoms with Crippen LogP contribution >= 0.6 is 11.6 Å². The summed E-state index contributed by atoms with van der Waals surface area (Å²) in [5.41, 5.74) is 0.0365. The summed E-state index contributed by atoms with van der Waals surface area (Å²) in [5.74, 6) is -0.339. The highest BCUT2D eigenvalue weighted by Gasteiger charge is 2.17. The van der Waals surface area contributed by atoms with E-state index in [0.717, 1.165) is 6.07 Å². The maximum absolute atomic E-state index is 10.5. The van der Waals surface area contributed by atoms with Crippen LogP contribution in [0, 0.1) is 10.1 Å². The average Bonchev–Trinajstić information content (AvgIpc) is 2.10. The third-order valence-electron chi connectivity index (χ3n) is 1.70. The maximum atomic E-state index is 10.5. The molecule has 0 aromatic heterocycles. The first kappa shape index (κ1) is 10.7. The average molecular weight is 217 g/mol. The highest BCUT2D eigenvalue weighted by molar-refractivity contribution is 6.31.